The number of halogens is 3. The van der Waals surface area contributed by atoms with Crippen LogP contribution in [0.4, 0.5) is 18.0 Å². The predicted octanol–water partition coefficient (Wildman–Crippen LogP) is 5.18. The van der Waals surface area contributed by atoms with E-state index in [1.165, 1.54) is 22.4 Å². The summed E-state index contributed by atoms with van der Waals surface area (Å²) in [5.74, 6) is -3.12. The van der Waals surface area contributed by atoms with Crippen LogP contribution >= 0.6 is 11.3 Å². The fourth-order valence-corrected chi connectivity index (χ4v) is 9.56. The minimum atomic E-state index is -4.91. The Hall–Kier alpha value is -4.26. The van der Waals surface area contributed by atoms with Gasteiger partial charge in [0.2, 0.25) is 27.4 Å². The van der Waals surface area contributed by atoms with E-state index in [0.29, 0.717) is 68.8 Å². The molecule has 14 nitrogen and oxygen atoms in total. The second kappa shape index (κ2) is 16.2. The Labute approximate surface area is 333 Å². The number of thiazole rings is 1. The highest BCUT2D eigenvalue weighted by Gasteiger charge is 2.62. The fourth-order valence-electron chi connectivity index (χ4n) is 7.43. The largest absolute Gasteiger partial charge is 0.488 e. The topological polar surface area (TPSA) is 186 Å². The van der Waals surface area contributed by atoms with Gasteiger partial charge in [0.15, 0.2) is 0 Å². The van der Waals surface area contributed by atoms with Crippen LogP contribution in [0.3, 0.4) is 0 Å². The summed E-state index contributed by atoms with van der Waals surface area (Å²) in [6.45, 7) is 6.85. The Kier molecular flexibility index (Phi) is 12.0. The van der Waals surface area contributed by atoms with E-state index in [-0.39, 0.29) is 25.3 Å². The van der Waals surface area contributed by atoms with Crippen molar-refractivity contribution in [2.24, 2.45) is 17.8 Å². The summed E-state index contributed by atoms with van der Waals surface area (Å²) in [5, 5.41) is 7.06. The number of rotatable bonds is 9. The minimum Gasteiger partial charge on any atom is -0.488 e. The molecule has 4 amide bonds. The van der Waals surface area contributed by atoms with E-state index in [0.717, 1.165) is 5.69 Å². The van der Waals surface area contributed by atoms with E-state index < -0.39 is 86.4 Å². The molecule has 57 heavy (non-hydrogen) atoms. The maximum absolute atomic E-state index is 14.8. The average molecular weight is 839 g/mol. The fraction of sp³-hybridized carbons (Fsp3) is 0.632. The summed E-state index contributed by atoms with van der Waals surface area (Å²) in [6.07, 6.45) is 0.862. The molecule has 312 valence electrons. The molecular weight excluding hydrogens is 790 g/mol. The summed E-state index contributed by atoms with van der Waals surface area (Å²) in [5.41, 5.74) is -3.14. The Bertz CT molecular complexity index is 2000. The van der Waals surface area contributed by atoms with E-state index in [2.05, 4.69) is 25.3 Å². The number of ether oxygens (including phenoxy) is 2. The zero-order valence-electron chi connectivity index (χ0n) is 32.4. The van der Waals surface area contributed by atoms with Crippen LogP contribution in [-0.2, 0) is 29.1 Å². The number of aromatic nitrogens is 2. The van der Waals surface area contributed by atoms with Gasteiger partial charge in [-0.2, -0.15) is 13.2 Å². The maximum atomic E-state index is 14.8. The second-order valence-corrected chi connectivity index (χ2v) is 19.0. The number of nitrogens with one attached hydrogen (secondary N) is 3. The number of carbonyl (C=O) groups is 4. The third kappa shape index (κ3) is 9.56. The number of fused-ring (bicyclic) bond motifs is 2. The van der Waals surface area contributed by atoms with Crippen LogP contribution in [0.5, 0.6) is 5.75 Å². The number of hydrogen-bond donors (Lipinski definition) is 3. The first-order valence-electron chi connectivity index (χ1n) is 19.2. The molecule has 4 aliphatic rings. The monoisotopic (exact) mass is 838 g/mol. The first kappa shape index (κ1) is 42.3. The first-order valence-corrected chi connectivity index (χ1v) is 21.6. The van der Waals surface area contributed by atoms with Gasteiger partial charge in [0.05, 0.1) is 11.8 Å². The van der Waals surface area contributed by atoms with Gasteiger partial charge in [0.25, 0.3) is 5.91 Å². The Morgan fingerprint density at radius 3 is 2.54 bits per heavy atom. The molecule has 4 heterocycles. The molecule has 2 aliphatic heterocycles. The molecule has 0 bridgehead atoms. The van der Waals surface area contributed by atoms with E-state index >= 15 is 0 Å². The van der Waals surface area contributed by atoms with Gasteiger partial charge >= 0.3 is 12.3 Å². The van der Waals surface area contributed by atoms with Crippen LogP contribution in [0.2, 0.25) is 0 Å². The van der Waals surface area contributed by atoms with Crippen LogP contribution in [0.25, 0.3) is 10.7 Å². The van der Waals surface area contributed by atoms with Gasteiger partial charge in [0.1, 0.15) is 40.2 Å². The van der Waals surface area contributed by atoms with Crippen LogP contribution < -0.4 is 20.1 Å². The molecule has 6 rings (SSSR count). The van der Waals surface area contributed by atoms with Crippen molar-refractivity contribution in [3.05, 3.63) is 41.6 Å². The molecule has 2 saturated carbocycles. The number of carbonyl (C=O) groups excluding carboxylic acids is 4. The lowest BCUT2D eigenvalue weighted by molar-refractivity contribution is -0.244. The molecule has 3 fully saturated rings. The Morgan fingerprint density at radius 2 is 1.89 bits per heavy atom. The van der Waals surface area contributed by atoms with Crippen molar-refractivity contribution in [2.75, 3.05) is 6.54 Å². The smallest absolute Gasteiger partial charge is 0.427 e. The summed E-state index contributed by atoms with van der Waals surface area (Å²) in [7, 11) is -3.97. The lowest BCUT2D eigenvalue weighted by Crippen LogP contribution is -2.59. The number of pyridine rings is 1. The van der Waals surface area contributed by atoms with Gasteiger partial charge in [-0.25, -0.2) is 18.2 Å². The van der Waals surface area contributed by atoms with Crippen molar-refractivity contribution in [1.29, 1.82) is 0 Å². The number of nitrogens with zero attached hydrogens (tertiary/aromatic N) is 3. The number of amides is 4. The summed E-state index contributed by atoms with van der Waals surface area (Å²) in [4.78, 5) is 66.3. The standard InChI is InChI=1S/C38H49F3N6O8S2/c1-6-23-15-21(2)9-7-8-10-24-18-37(24,34(50)46-57(52,53)27-11-12-27)45-31(48)29-17-26(54-25-13-14-42-28(16-25)32-43-22(3)20-56-32)19-47(29)33(49)30(23)44-35(51)55-36(4,5)38(39,40)41/h8,10,13-14,16,20-21,23-24,26-27,29-30H,6-7,9,11-12,15,17-19H2,1-5H3,(H,44,51)(H,45,48)(H,46,50)/b10-8-/t21-,23-,24?,26-,29+,30+,37-/m1/s1. The average Bonchev–Trinajstić information content (AvgIpc) is 4.02. The number of alkyl carbamates (subject to hydrolysis) is 1. The molecule has 1 unspecified atom stereocenters. The van der Waals surface area contributed by atoms with Crippen molar-refractivity contribution in [2.45, 2.75) is 127 Å². The van der Waals surface area contributed by atoms with Gasteiger partial charge in [0, 0.05) is 35.7 Å². The quantitative estimate of drug-likeness (QED) is 0.284. The van der Waals surface area contributed by atoms with E-state index in [9.17, 15) is 40.8 Å². The van der Waals surface area contributed by atoms with Crippen LogP contribution in [0, 0.1) is 24.7 Å². The molecule has 7 atom stereocenters. The van der Waals surface area contributed by atoms with Crippen LogP contribution in [0.15, 0.2) is 35.9 Å². The molecule has 19 heteroatoms. The van der Waals surface area contributed by atoms with Crippen molar-refractivity contribution >= 4 is 45.2 Å². The highest BCUT2D eigenvalue weighted by atomic mass is 32.2. The van der Waals surface area contributed by atoms with Gasteiger partial charge in [-0.1, -0.05) is 32.4 Å². The van der Waals surface area contributed by atoms with E-state index in [1.54, 1.807) is 25.1 Å². The predicted molar refractivity (Wildman–Crippen MR) is 203 cm³/mol. The highest BCUT2D eigenvalue weighted by molar-refractivity contribution is 7.91. The van der Waals surface area contributed by atoms with Crippen molar-refractivity contribution in [3.63, 3.8) is 0 Å². The SMILES string of the molecule is CC[C@@H]1C[C@H](C)CC/C=C\C2C[C@@]2(C(=O)NS(=O)(=O)C2CC2)NC(=O)[C@@H]2C[C@@H](Oc3ccnc(-c4nc(C)cs4)c3)CN2C(=O)[C@H]1NC(=O)OC(C)(C)C(F)(F)F. The van der Waals surface area contributed by atoms with Crippen LogP contribution in [0.1, 0.15) is 84.8 Å². The van der Waals surface area contributed by atoms with Crippen molar-refractivity contribution in [1.82, 2.24) is 30.2 Å². The van der Waals surface area contributed by atoms with Gasteiger partial charge in [-0.05, 0) is 77.2 Å². The first-order chi connectivity index (χ1) is 26.7. The van der Waals surface area contributed by atoms with Gasteiger partial charge in [-0.3, -0.25) is 24.1 Å². The molecule has 2 aromatic rings. The van der Waals surface area contributed by atoms with Gasteiger partial charge < -0.3 is 25.0 Å². The van der Waals surface area contributed by atoms with Crippen molar-refractivity contribution in [3.8, 4) is 16.5 Å². The lowest BCUT2D eigenvalue weighted by Gasteiger charge is -2.35. The number of hydrogen-bond acceptors (Lipinski definition) is 11. The Balaban J connectivity index is 1.34. The summed E-state index contributed by atoms with van der Waals surface area (Å²) < 4.78 is 80.3. The number of sulfonamides is 1. The number of alkyl halides is 3. The maximum Gasteiger partial charge on any atom is 0.427 e. The number of aryl methyl sites for hydroxylation is 1. The molecule has 0 aromatic carbocycles. The zero-order chi connectivity index (χ0) is 41.5. The third-order valence-corrected chi connectivity index (χ3v) is 14.0. The molecule has 3 N–H and O–H groups in total. The zero-order valence-corrected chi connectivity index (χ0v) is 34.1. The Morgan fingerprint density at radius 1 is 1.16 bits per heavy atom. The van der Waals surface area contributed by atoms with Crippen molar-refractivity contribution < 1.29 is 50.2 Å². The lowest BCUT2D eigenvalue weighted by atomic mass is 9.85. The minimum absolute atomic E-state index is 0.0202. The molecule has 2 aromatic heterocycles. The molecule has 2 aliphatic carbocycles. The van der Waals surface area contributed by atoms with Gasteiger partial charge in [-0.15, -0.1) is 11.3 Å². The van der Waals surface area contributed by atoms with Crippen LogP contribution in [-0.4, -0.2) is 94.4 Å². The molecule has 1 saturated heterocycles. The molecule has 0 spiro atoms. The molecule has 0 radical (unpaired) electrons. The van der Waals surface area contributed by atoms with E-state index in [4.69, 9.17) is 9.47 Å². The second-order valence-electron chi connectivity index (χ2n) is 16.1. The third-order valence-electron chi connectivity index (χ3n) is 11.2. The van der Waals surface area contributed by atoms with E-state index in [1.807, 2.05) is 25.3 Å². The summed E-state index contributed by atoms with van der Waals surface area (Å²) >= 11 is 1.40. The number of allylic oxidation sites excluding steroid dienone is 1. The highest BCUT2D eigenvalue weighted by Crippen LogP contribution is 2.46. The normalized spacial score (nSPS) is 29.2. The molecular formula is C38H49F3N6O8S2. The summed E-state index contributed by atoms with van der Waals surface area (Å²) in [6, 6.07) is 0.598.